The summed E-state index contributed by atoms with van der Waals surface area (Å²) in [7, 11) is 2.01. The maximum absolute atomic E-state index is 11.0. The normalized spacial score (nSPS) is 20.4. The van der Waals surface area contributed by atoms with Gasteiger partial charge < -0.3 is 10.6 Å². The van der Waals surface area contributed by atoms with E-state index >= 15 is 0 Å². The number of likely N-dealkylation sites (tertiary alicyclic amines) is 1. The van der Waals surface area contributed by atoms with E-state index in [0.29, 0.717) is 11.7 Å². The second kappa shape index (κ2) is 6.34. The molecule has 2 heterocycles. The Morgan fingerprint density at radius 2 is 2.42 bits per heavy atom. The number of piperidine rings is 1. The molecule has 5 nitrogen and oxygen atoms in total. The number of hydrogen-bond donors (Lipinski definition) is 1. The number of rotatable bonds is 5. The first-order valence-electron chi connectivity index (χ1n) is 6.78. The van der Waals surface area contributed by atoms with Crippen molar-refractivity contribution in [2.45, 2.75) is 32.2 Å². The molecule has 2 rings (SSSR count). The summed E-state index contributed by atoms with van der Waals surface area (Å²) in [6, 6.07) is 0.680. The Morgan fingerprint density at radius 1 is 1.63 bits per heavy atom. The van der Waals surface area contributed by atoms with Crippen LogP contribution in [0.15, 0.2) is 5.38 Å². The van der Waals surface area contributed by atoms with Gasteiger partial charge in [0.1, 0.15) is 5.69 Å². The third kappa shape index (κ3) is 3.67. The summed E-state index contributed by atoms with van der Waals surface area (Å²) in [4.78, 5) is 19.9. The molecular formula is C13H22N4OS. The van der Waals surface area contributed by atoms with Crippen molar-refractivity contribution in [3.8, 4) is 0 Å². The summed E-state index contributed by atoms with van der Waals surface area (Å²) in [5, 5.41) is 2.58. The van der Waals surface area contributed by atoms with Crippen LogP contribution in [0.3, 0.4) is 0 Å². The highest BCUT2D eigenvalue weighted by Crippen LogP contribution is 2.20. The highest BCUT2D eigenvalue weighted by Gasteiger charge is 2.18. The van der Waals surface area contributed by atoms with E-state index in [1.165, 1.54) is 37.1 Å². The third-order valence-corrected chi connectivity index (χ3v) is 4.69. The van der Waals surface area contributed by atoms with Crippen LogP contribution in [0, 0.1) is 0 Å². The number of carbonyl (C=O) groups excluding carboxylic acids is 1. The molecule has 1 aliphatic rings. The van der Waals surface area contributed by atoms with Crippen molar-refractivity contribution in [3.05, 3.63) is 11.1 Å². The minimum absolute atomic E-state index is 0.359. The Labute approximate surface area is 118 Å². The molecule has 1 amide bonds. The molecule has 1 atom stereocenters. The van der Waals surface area contributed by atoms with Crippen molar-refractivity contribution in [2.24, 2.45) is 5.73 Å². The topological polar surface area (TPSA) is 62.5 Å². The molecule has 0 saturated carbocycles. The van der Waals surface area contributed by atoms with Crippen LogP contribution in [0.1, 0.15) is 36.7 Å². The van der Waals surface area contributed by atoms with Gasteiger partial charge in [-0.25, -0.2) is 4.98 Å². The maximum Gasteiger partial charge on any atom is 0.268 e. The van der Waals surface area contributed by atoms with Crippen molar-refractivity contribution >= 4 is 22.4 Å². The van der Waals surface area contributed by atoms with E-state index in [9.17, 15) is 4.79 Å². The van der Waals surface area contributed by atoms with Gasteiger partial charge >= 0.3 is 0 Å². The Balaban J connectivity index is 1.86. The van der Waals surface area contributed by atoms with Crippen LogP contribution in [0.4, 0.5) is 5.13 Å². The molecule has 0 spiro atoms. The molecule has 1 aromatic heterocycles. The molecule has 0 radical (unpaired) electrons. The van der Waals surface area contributed by atoms with Gasteiger partial charge in [-0.3, -0.25) is 9.69 Å². The van der Waals surface area contributed by atoms with Gasteiger partial charge in [-0.05, 0) is 26.3 Å². The number of nitrogens with zero attached hydrogens (tertiary/aromatic N) is 3. The summed E-state index contributed by atoms with van der Waals surface area (Å²) < 4.78 is 0. The standard InChI is InChI=1S/C13H22N4OS/c1-10-5-3-4-6-17(10)8-7-16(2)13-15-11(9-19-13)12(14)18/h9-10H,3-8H2,1-2H3,(H2,14,18). The van der Waals surface area contributed by atoms with Gasteiger partial charge in [0.15, 0.2) is 5.13 Å². The van der Waals surface area contributed by atoms with E-state index in [0.717, 1.165) is 18.2 Å². The number of carbonyl (C=O) groups is 1. The summed E-state index contributed by atoms with van der Waals surface area (Å²) >= 11 is 1.47. The van der Waals surface area contributed by atoms with Gasteiger partial charge in [0, 0.05) is 31.6 Å². The van der Waals surface area contributed by atoms with Crippen molar-refractivity contribution in [1.82, 2.24) is 9.88 Å². The zero-order valence-corrected chi connectivity index (χ0v) is 12.4. The number of hydrogen-bond acceptors (Lipinski definition) is 5. The molecule has 2 N–H and O–H groups in total. The number of thiazole rings is 1. The van der Waals surface area contributed by atoms with Crippen LogP contribution in [0.25, 0.3) is 0 Å². The summed E-state index contributed by atoms with van der Waals surface area (Å²) in [5.74, 6) is -0.458. The number of amides is 1. The predicted octanol–water partition coefficient (Wildman–Crippen LogP) is 1.55. The average Bonchev–Trinajstić information content (AvgIpc) is 2.87. The van der Waals surface area contributed by atoms with Crippen molar-refractivity contribution < 1.29 is 4.79 Å². The second-order valence-corrected chi connectivity index (χ2v) is 6.02. The lowest BCUT2D eigenvalue weighted by Gasteiger charge is -2.34. The van der Waals surface area contributed by atoms with Crippen LogP contribution in [-0.2, 0) is 0 Å². The lowest BCUT2D eigenvalue weighted by atomic mass is 10.0. The van der Waals surface area contributed by atoms with E-state index < -0.39 is 5.91 Å². The van der Waals surface area contributed by atoms with Crippen LogP contribution in [0.2, 0.25) is 0 Å². The largest absolute Gasteiger partial charge is 0.364 e. The Bertz CT molecular complexity index is 434. The Morgan fingerprint density at radius 3 is 3.05 bits per heavy atom. The summed E-state index contributed by atoms with van der Waals surface area (Å²) in [6.45, 7) is 5.46. The van der Waals surface area contributed by atoms with E-state index in [1.54, 1.807) is 5.38 Å². The second-order valence-electron chi connectivity index (χ2n) is 5.18. The predicted molar refractivity (Wildman–Crippen MR) is 78.8 cm³/mol. The summed E-state index contributed by atoms with van der Waals surface area (Å²) in [6.07, 6.45) is 3.95. The molecule has 6 heteroatoms. The fourth-order valence-electron chi connectivity index (χ4n) is 2.42. The lowest BCUT2D eigenvalue weighted by Crippen LogP contribution is -2.41. The van der Waals surface area contributed by atoms with E-state index in [2.05, 4.69) is 21.7 Å². The van der Waals surface area contributed by atoms with Crippen LogP contribution in [-0.4, -0.2) is 48.5 Å². The van der Waals surface area contributed by atoms with E-state index in [4.69, 9.17) is 5.73 Å². The number of aromatic nitrogens is 1. The molecular weight excluding hydrogens is 260 g/mol. The van der Waals surface area contributed by atoms with Crippen LogP contribution < -0.4 is 10.6 Å². The minimum atomic E-state index is -0.458. The van der Waals surface area contributed by atoms with Gasteiger partial charge in [0.05, 0.1) is 0 Å². The first-order valence-corrected chi connectivity index (χ1v) is 7.66. The maximum atomic E-state index is 11.0. The Kier molecular flexibility index (Phi) is 4.76. The van der Waals surface area contributed by atoms with Crippen molar-refractivity contribution in [2.75, 3.05) is 31.6 Å². The number of nitrogens with two attached hydrogens (primary N) is 1. The highest BCUT2D eigenvalue weighted by molar-refractivity contribution is 7.13. The fraction of sp³-hybridized carbons (Fsp3) is 0.692. The van der Waals surface area contributed by atoms with Crippen molar-refractivity contribution in [1.29, 1.82) is 0 Å². The molecule has 0 bridgehead atoms. The zero-order chi connectivity index (χ0) is 13.8. The van der Waals surface area contributed by atoms with Gasteiger partial charge in [0.2, 0.25) is 0 Å². The number of anilines is 1. The average molecular weight is 282 g/mol. The van der Waals surface area contributed by atoms with E-state index in [1.807, 2.05) is 7.05 Å². The summed E-state index contributed by atoms with van der Waals surface area (Å²) in [5.41, 5.74) is 5.57. The smallest absolute Gasteiger partial charge is 0.268 e. The third-order valence-electron chi connectivity index (χ3n) is 3.73. The van der Waals surface area contributed by atoms with Gasteiger partial charge in [-0.1, -0.05) is 6.42 Å². The van der Waals surface area contributed by atoms with Gasteiger partial charge in [0.25, 0.3) is 5.91 Å². The van der Waals surface area contributed by atoms with Crippen LogP contribution in [0.5, 0.6) is 0 Å². The molecule has 0 aliphatic carbocycles. The highest BCUT2D eigenvalue weighted by atomic mass is 32.1. The molecule has 106 valence electrons. The zero-order valence-electron chi connectivity index (χ0n) is 11.6. The number of primary amides is 1. The molecule has 1 unspecified atom stereocenters. The monoisotopic (exact) mass is 282 g/mol. The fourth-order valence-corrected chi connectivity index (χ4v) is 3.22. The first kappa shape index (κ1) is 14.3. The molecule has 1 aliphatic heterocycles. The van der Waals surface area contributed by atoms with Crippen molar-refractivity contribution in [3.63, 3.8) is 0 Å². The van der Waals surface area contributed by atoms with E-state index in [-0.39, 0.29) is 0 Å². The lowest BCUT2D eigenvalue weighted by molar-refractivity contribution is 0.0996. The first-order chi connectivity index (χ1) is 9.08. The Hall–Kier alpha value is -1.14. The number of likely N-dealkylation sites (N-methyl/N-ethyl adjacent to an activating group) is 1. The molecule has 1 fully saturated rings. The molecule has 1 aromatic rings. The minimum Gasteiger partial charge on any atom is -0.364 e. The molecule has 0 aromatic carbocycles. The quantitative estimate of drug-likeness (QED) is 0.890. The molecule has 1 saturated heterocycles. The van der Waals surface area contributed by atoms with Gasteiger partial charge in [-0.15, -0.1) is 11.3 Å². The van der Waals surface area contributed by atoms with Gasteiger partial charge in [-0.2, -0.15) is 0 Å². The van der Waals surface area contributed by atoms with Crippen LogP contribution >= 0.6 is 11.3 Å². The molecule has 19 heavy (non-hydrogen) atoms. The SMILES string of the molecule is CC1CCCCN1CCN(C)c1nc(C(N)=O)cs1.